The van der Waals surface area contributed by atoms with E-state index in [0.29, 0.717) is 40.6 Å². The minimum atomic E-state index is -0.347. The summed E-state index contributed by atoms with van der Waals surface area (Å²) in [6.07, 6.45) is 4.53. The van der Waals surface area contributed by atoms with E-state index in [1.54, 1.807) is 24.3 Å². The normalized spacial score (nSPS) is 12.5. The summed E-state index contributed by atoms with van der Waals surface area (Å²) in [6.45, 7) is 4.90. The first-order valence-corrected chi connectivity index (χ1v) is 14.3. The Morgan fingerprint density at radius 2 is 1.73 bits per heavy atom. The van der Waals surface area contributed by atoms with Gasteiger partial charge in [0.1, 0.15) is 30.1 Å². The lowest BCUT2D eigenvalue weighted by atomic mass is 10.0. The van der Waals surface area contributed by atoms with Gasteiger partial charge in [0.2, 0.25) is 5.91 Å². The van der Waals surface area contributed by atoms with E-state index in [9.17, 15) is 14.4 Å². The lowest BCUT2D eigenvalue weighted by molar-refractivity contribution is -0.111. The topological polar surface area (TPSA) is 133 Å². The summed E-state index contributed by atoms with van der Waals surface area (Å²) in [7, 11) is 3.92. The number of aromatic amines is 1. The maximum atomic E-state index is 12.8. The number of anilines is 3. The van der Waals surface area contributed by atoms with E-state index in [-0.39, 0.29) is 24.3 Å². The first kappa shape index (κ1) is 29.3. The number of imide groups is 1. The molecule has 11 heteroatoms. The highest BCUT2D eigenvalue weighted by Gasteiger charge is 2.34. The molecule has 3 amide bonds. The second-order valence-electron chi connectivity index (χ2n) is 10.8. The van der Waals surface area contributed by atoms with Crippen molar-refractivity contribution in [2.45, 2.75) is 6.54 Å². The smallest absolute Gasteiger partial charge is 0.261 e. The van der Waals surface area contributed by atoms with Gasteiger partial charge in [-0.1, -0.05) is 36.9 Å². The monoisotopic (exact) mass is 601 g/mol. The fraction of sp³-hybridized carbons (Fsp3) is 0.147. The lowest BCUT2D eigenvalue weighted by Crippen LogP contribution is -2.29. The average molecular weight is 602 g/mol. The second-order valence-corrected chi connectivity index (χ2v) is 10.8. The van der Waals surface area contributed by atoms with Crippen LogP contribution >= 0.6 is 0 Å². The molecule has 0 radical (unpaired) electrons. The predicted molar refractivity (Wildman–Crippen MR) is 173 cm³/mol. The van der Waals surface area contributed by atoms with Crippen molar-refractivity contribution in [2.75, 3.05) is 37.9 Å². The number of hydrogen-bond acceptors (Lipinski definition) is 8. The van der Waals surface area contributed by atoms with Crippen LogP contribution in [-0.4, -0.2) is 69.7 Å². The van der Waals surface area contributed by atoms with Crippen LogP contribution in [0.25, 0.3) is 22.2 Å². The molecule has 0 atom stereocenters. The molecule has 0 saturated heterocycles. The Labute approximate surface area is 259 Å². The molecular formula is C34H31N7O4. The van der Waals surface area contributed by atoms with E-state index >= 15 is 0 Å². The molecule has 3 N–H and O–H groups in total. The third kappa shape index (κ3) is 6.01. The molecule has 3 heterocycles. The van der Waals surface area contributed by atoms with E-state index in [1.807, 2.05) is 67.7 Å². The van der Waals surface area contributed by atoms with Crippen LogP contribution in [0.5, 0.6) is 5.75 Å². The number of amides is 3. The van der Waals surface area contributed by atoms with Gasteiger partial charge in [-0.15, -0.1) is 0 Å². The highest BCUT2D eigenvalue weighted by atomic mass is 16.5. The summed E-state index contributed by atoms with van der Waals surface area (Å²) in [5, 5.41) is 6.98. The summed E-state index contributed by atoms with van der Waals surface area (Å²) >= 11 is 0. The van der Waals surface area contributed by atoms with Crippen LogP contribution in [0.2, 0.25) is 0 Å². The molecule has 2 aromatic heterocycles. The zero-order chi connectivity index (χ0) is 31.5. The van der Waals surface area contributed by atoms with E-state index < -0.39 is 0 Å². The van der Waals surface area contributed by atoms with Gasteiger partial charge in [-0.3, -0.25) is 19.3 Å². The Balaban J connectivity index is 1.24. The maximum absolute atomic E-state index is 12.8. The SMILES string of the molecule is C=CC(=O)Nc1cc(-c2c[nH]c3ncnc(Nc4ccc(CN5C(=O)c6ccccc6C5=O)cc4)c23)ccc1OCCN(C)C. The number of likely N-dealkylation sites (N-methyl/N-ethyl adjacent to an activating group) is 1. The van der Waals surface area contributed by atoms with Gasteiger partial charge in [-0.2, -0.15) is 0 Å². The Kier molecular flexibility index (Phi) is 8.08. The number of aromatic nitrogens is 3. The molecule has 3 aromatic carbocycles. The van der Waals surface area contributed by atoms with E-state index in [2.05, 4.69) is 32.2 Å². The number of ether oxygens (including phenoxy) is 1. The fourth-order valence-electron chi connectivity index (χ4n) is 5.12. The molecule has 226 valence electrons. The maximum Gasteiger partial charge on any atom is 0.261 e. The number of carbonyl (C=O) groups is 3. The number of fused-ring (bicyclic) bond motifs is 2. The van der Waals surface area contributed by atoms with Crippen molar-refractivity contribution in [3.8, 4) is 16.9 Å². The van der Waals surface area contributed by atoms with Crippen molar-refractivity contribution >= 4 is 45.9 Å². The number of hydrogen-bond donors (Lipinski definition) is 3. The van der Waals surface area contributed by atoms with Gasteiger partial charge in [0.15, 0.2) is 0 Å². The summed E-state index contributed by atoms with van der Waals surface area (Å²) in [5.74, 6) is 0.197. The second kappa shape index (κ2) is 12.4. The first-order valence-electron chi connectivity index (χ1n) is 14.3. The van der Waals surface area contributed by atoms with Crippen LogP contribution in [0.1, 0.15) is 26.3 Å². The van der Waals surface area contributed by atoms with E-state index in [0.717, 1.165) is 34.3 Å². The third-order valence-electron chi connectivity index (χ3n) is 7.44. The van der Waals surface area contributed by atoms with Crippen molar-refractivity contribution in [1.29, 1.82) is 0 Å². The van der Waals surface area contributed by atoms with Gasteiger partial charge in [-0.05, 0) is 67.7 Å². The Hall–Kier alpha value is -5.81. The standard InChI is InChI=1S/C34H31N7O4/c1-4-29(42)39-27-17-22(11-14-28(27)45-16-15-40(2)3)26-18-35-31-30(26)32(37-20-36-31)38-23-12-9-21(10-13-23)19-41-33(43)24-7-5-6-8-25(24)34(41)44/h4-14,17-18,20H,1,15-16,19H2,2-3H3,(H,39,42)(H2,35,36,37,38). The molecule has 5 aromatic rings. The minimum Gasteiger partial charge on any atom is -0.490 e. The van der Waals surface area contributed by atoms with Gasteiger partial charge < -0.3 is 25.3 Å². The number of carbonyl (C=O) groups excluding carboxylic acids is 3. The number of nitrogens with one attached hydrogen (secondary N) is 3. The molecule has 11 nitrogen and oxygen atoms in total. The molecule has 6 rings (SSSR count). The van der Waals surface area contributed by atoms with Crippen LogP contribution in [0, 0.1) is 0 Å². The predicted octanol–water partition coefficient (Wildman–Crippen LogP) is 5.23. The van der Waals surface area contributed by atoms with Crippen LogP contribution in [-0.2, 0) is 11.3 Å². The number of H-pyrrole nitrogens is 1. The molecule has 1 aliphatic rings. The van der Waals surface area contributed by atoms with Gasteiger partial charge in [-0.25, -0.2) is 9.97 Å². The summed E-state index contributed by atoms with van der Waals surface area (Å²) in [6, 6.07) is 19.9. The highest BCUT2D eigenvalue weighted by molar-refractivity contribution is 6.21. The molecule has 45 heavy (non-hydrogen) atoms. The quantitative estimate of drug-likeness (QED) is 0.139. The zero-order valence-electron chi connectivity index (χ0n) is 24.8. The minimum absolute atomic E-state index is 0.173. The van der Waals surface area contributed by atoms with Crippen molar-refractivity contribution in [3.63, 3.8) is 0 Å². The Morgan fingerprint density at radius 1 is 1.00 bits per heavy atom. The van der Waals surface area contributed by atoms with Crippen molar-refractivity contribution < 1.29 is 19.1 Å². The molecule has 1 aliphatic heterocycles. The van der Waals surface area contributed by atoms with Crippen LogP contribution in [0.15, 0.2) is 91.9 Å². The van der Waals surface area contributed by atoms with Crippen molar-refractivity contribution in [2.24, 2.45) is 0 Å². The van der Waals surface area contributed by atoms with Gasteiger partial charge in [0.05, 0.1) is 28.7 Å². The molecule has 0 unspecified atom stereocenters. The van der Waals surface area contributed by atoms with Crippen LogP contribution < -0.4 is 15.4 Å². The summed E-state index contributed by atoms with van der Waals surface area (Å²) in [4.78, 5) is 53.2. The van der Waals surface area contributed by atoms with Crippen molar-refractivity contribution in [3.05, 3.63) is 109 Å². The molecule has 0 saturated carbocycles. The van der Waals surface area contributed by atoms with Gasteiger partial charge in [0, 0.05) is 24.0 Å². The fourth-order valence-corrected chi connectivity index (χ4v) is 5.12. The van der Waals surface area contributed by atoms with Gasteiger partial charge >= 0.3 is 0 Å². The van der Waals surface area contributed by atoms with Crippen molar-refractivity contribution in [1.82, 2.24) is 24.8 Å². The average Bonchev–Trinajstić information content (AvgIpc) is 3.58. The Morgan fingerprint density at radius 3 is 2.42 bits per heavy atom. The zero-order valence-corrected chi connectivity index (χ0v) is 24.8. The van der Waals surface area contributed by atoms with Crippen LogP contribution in [0.4, 0.5) is 17.2 Å². The summed E-state index contributed by atoms with van der Waals surface area (Å²) < 4.78 is 5.96. The molecule has 0 bridgehead atoms. The van der Waals surface area contributed by atoms with E-state index in [1.165, 1.54) is 17.3 Å². The highest BCUT2D eigenvalue weighted by Crippen LogP contribution is 2.37. The number of nitrogens with zero attached hydrogens (tertiary/aromatic N) is 4. The van der Waals surface area contributed by atoms with Gasteiger partial charge in [0.25, 0.3) is 11.8 Å². The van der Waals surface area contributed by atoms with E-state index in [4.69, 9.17) is 4.74 Å². The first-order chi connectivity index (χ1) is 21.8. The largest absolute Gasteiger partial charge is 0.490 e. The third-order valence-corrected chi connectivity index (χ3v) is 7.44. The molecule has 0 aliphatic carbocycles. The van der Waals surface area contributed by atoms with Crippen LogP contribution in [0.3, 0.4) is 0 Å². The molecule has 0 fully saturated rings. The number of rotatable bonds is 11. The Bertz CT molecular complexity index is 1900. The molecule has 0 spiro atoms. The molecular weight excluding hydrogens is 570 g/mol. The lowest BCUT2D eigenvalue weighted by Gasteiger charge is -2.16. The summed E-state index contributed by atoms with van der Waals surface area (Å²) in [5.41, 5.74) is 5.22. The number of benzene rings is 3.